The van der Waals surface area contributed by atoms with Gasteiger partial charge in [-0.15, -0.1) is 11.3 Å². The first-order valence-corrected chi connectivity index (χ1v) is 6.54. The van der Waals surface area contributed by atoms with Gasteiger partial charge in [-0.2, -0.15) is 0 Å². The molecule has 0 radical (unpaired) electrons. The van der Waals surface area contributed by atoms with E-state index in [1.807, 2.05) is 0 Å². The minimum absolute atomic E-state index is 0.275. The van der Waals surface area contributed by atoms with E-state index in [0.29, 0.717) is 20.5 Å². The summed E-state index contributed by atoms with van der Waals surface area (Å²) in [6.45, 7) is 0. The van der Waals surface area contributed by atoms with Crippen molar-refractivity contribution in [3.05, 3.63) is 51.2 Å². The van der Waals surface area contributed by atoms with Crippen LogP contribution in [0.25, 0.3) is 0 Å². The summed E-state index contributed by atoms with van der Waals surface area (Å²) in [5.74, 6) is -0.724. The molecule has 6 heteroatoms. The minimum atomic E-state index is -0.449. The van der Waals surface area contributed by atoms with Gasteiger partial charge < -0.3 is 10.1 Å². The fourth-order valence-corrected chi connectivity index (χ4v) is 2.34. The van der Waals surface area contributed by atoms with Crippen LogP contribution in [0.4, 0.5) is 5.69 Å². The number of nitrogens with one attached hydrogen (secondary N) is 1. The molecule has 1 N–H and O–H groups in total. The summed E-state index contributed by atoms with van der Waals surface area (Å²) in [6, 6.07) is 9.93. The number of benzene rings is 1. The third-order valence-corrected chi connectivity index (χ3v) is 3.63. The van der Waals surface area contributed by atoms with Crippen molar-refractivity contribution in [1.82, 2.24) is 0 Å². The number of rotatable bonds is 3. The van der Waals surface area contributed by atoms with Crippen molar-refractivity contribution in [3.63, 3.8) is 0 Å². The highest BCUT2D eigenvalue weighted by atomic mass is 35.5. The van der Waals surface area contributed by atoms with Crippen LogP contribution in [0, 0.1) is 0 Å². The van der Waals surface area contributed by atoms with Crippen molar-refractivity contribution in [2.45, 2.75) is 0 Å². The predicted octanol–water partition coefficient (Wildman–Crippen LogP) is 3.44. The topological polar surface area (TPSA) is 55.4 Å². The second-order valence-corrected chi connectivity index (χ2v) is 5.14. The zero-order valence-electron chi connectivity index (χ0n) is 9.98. The van der Waals surface area contributed by atoms with Crippen LogP contribution in [-0.2, 0) is 4.74 Å². The number of anilines is 1. The fraction of sp³-hybridized carbons (Fsp3) is 0.0769. The van der Waals surface area contributed by atoms with Gasteiger partial charge in [0.2, 0.25) is 0 Å². The molecular formula is C13H10ClNO3S. The quantitative estimate of drug-likeness (QED) is 0.883. The van der Waals surface area contributed by atoms with E-state index in [1.165, 1.54) is 7.11 Å². The number of esters is 1. The Hall–Kier alpha value is -1.85. The van der Waals surface area contributed by atoms with Gasteiger partial charge in [0.15, 0.2) is 0 Å². The van der Waals surface area contributed by atoms with Gasteiger partial charge >= 0.3 is 5.97 Å². The first-order valence-electron chi connectivity index (χ1n) is 5.35. The molecule has 0 saturated carbocycles. The summed E-state index contributed by atoms with van der Waals surface area (Å²) >= 11 is 6.84. The maximum Gasteiger partial charge on any atom is 0.348 e. The third-order valence-electron chi connectivity index (χ3n) is 2.32. The fourth-order valence-electron chi connectivity index (χ4n) is 1.40. The SMILES string of the molecule is COC(=O)c1ccc(C(=O)Nc2ccc(Cl)cc2)s1. The van der Waals surface area contributed by atoms with Crippen LogP contribution in [0.5, 0.6) is 0 Å². The normalized spacial score (nSPS) is 10.0. The van der Waals surface area contributed by atoms with E-state index in [2.05, 4.69) is 10.1 Å². The smallest absolute Gasteiger partial charge is 0.348 e. The number of amides is 1. The number of thiophene rings is 1. The maximum absolute atomic E-state index is 11.9. The Balaban J connectivity index is 2.09. The lowest BCUT2D eigenvalue weighted by Crippen LogP contribution is -2.09. The highest BCUT2D eigenvalue weighted by Crippen LogP contribution is 2.20. The molecule has 0 aliphatic carbocycles. The van der Waals surface area contributed by atoms with E-state index in [1.54, 1.807) is 36.4 Å². The summed E-state index contributed by atoms with van der Waals surface area (Å²) in [4.78, 5) is 24.1. The van der Waals surface area contributed by atoms with Gasteiger partial charge in [0.1, 0.15) is 4.88 Å². The van der Waals surface area contributed by atoms with Crippen LogP contribution in [0.2, 0.25) is 5.02 Å². The highest BCUT2D eigenvalue weighted by molar-refractivity contribution is 7.16. The van der Waals surface area contributed by atoms with Crippen LogP contribution in [0.1, 0.15) is 19.3 Å². The van der Waals surface area contributed by atoms with Crippen LogP contribution in [-0.4, -0.2) is 19.0 Å². The first-order chi connectivity index (χ1) is 9.10. The van der Waals surface area contributed by atoms with Crippen molar-refractivity contribution in [3.8, 4) is 0 Å². The number of carbonyl (C=O) groups excluding carboxylic acids is 2. The zero-order chi connectivity index (χ0) is 13.8. The van der Waals surface area contributed by atoms with Gasteiger partial charge in [0, 0.05) is 10.7 Å². The van der Waals surface area contributed by atoms with Gasteiger partial charge in [0.05, 0.1) is 12.0 Å². The van der Waals surface area contributed by atoms with E-state index >= 15 is 0 Å². The molecule has 0 bridgehead atoms. The van der Waals surface area contributed by atoms with E-state index in [4.69, 9.17) is 11.6 Å². The van der Waals surface area contributed by atoms with E-state index < -0.39 is 5.97 Å². The zero-order valence-corrected chi connectivity index (χ0v) is 11.5. The molecule has 2 rings (SSSR count). The average molecular weight is 296 g/mol. The molecule has 0 saturated heterocycles. The molecule has 1 aromatic heterocycles. The number of ether oxygens (including phenoxy) is 1. The predicted molar refractivity (Wildman–Crippen MR) is 75.1 cm³/mol. The molecule has 98 valence electrons. The summed E-state index contributed by atoms with van der Waals surface area (Å²) < 4.78 is 4.59. The Labute approximate surface area is 119 Å². The van der Waals surface area contributed by atoms with Crippen molar-refractivity contribution >= 4 is 40.5 Å². The molecule has 0 spiro atoms. The Bertz CT molecular complexity index is 607. The lowest BCUT2D eigenvalue weighted by Gasteiger charge is -2.03. The molecule has 4 nitrogen and oxygen atoms in total. The van der Waals surface area contributed by atoms with Crippen LogP contribution >= 0.6 is 22.9 Å². The van der Waals surface area contributed by atoms with E-state index in [9.17, 15) is 9.59 Å². The molecule has 1 aromatic carbocycles. The Morgan fingerprint density at radius 2 is 1.74 bits per heavy atom. The van der Waals surface area contributed by atoms with Crippen LogP contribution in [0.15, 0.2) is 36.4 Å². The van der Waals surface area contributed by atoms with Gasteiger partial charge in [0.25, 0.3) is 5.91 Å². The van der Waals surface area contributed by atoms with Crippen LogP contribution in [0.3, 0.4) is 0 Å². The maximum atomic E-state index is 11.9. The number of hydrogen-bond acceptors (Lipinski definition) is 4. The number of hydrogen-bond donors (Lipinski definition) is 1. The van der Waals surface area contributed by atoms with Crippen molar-refractivity contribution in [2.75, 3.05) is 12.4 Å². The Morgan fingerprint density at radius 3 is 2.37 bits per heavy atom. The standard InChI is InChI=1S/C13H10ClNO3S/c1-18-13(17)11-7-6-10(19-11)12(16)15-9-4-2-8(14)3-5-9/h2-7H,1H3,(H,15,16). The minimum Gasteiger partial charge on any atom is -0.465 e. The average Bonchev–Trinajstić information content (AvgIpc) is 2.90. The second-order valence-electron chi connectivity index (χ2n) is 3.62. The molecule has 0 aliphatic rings. The van der Waals surface area contributed by atoms with Crippen LogP contribution < -0.4 is 5.32 Å². The van der Waals surface area contributed by atoms with E-state index in [0.717, 1.165) is 11.3 Å². The monoisotopic (exact) mass is 295 g/mol. The summed E-state index contributed by atoms with van der Waals surface area (Å²) in [5.41, 5.74) is 0.641. The van der Waals surface area contributed by atoms with Crippen molar-refractivity contribution < 1.29 is 14.3 Å². The highest BCUT2D eigenvalue weighted by Gasteiger charge is 2.14. The van der Waals surface area contributed by atoms with E-state index in [-0.39, 0.29) is 5.91 Å². The summed E-state index contributed by atoms with van der Waals surface area (Å²) in [5, 5.41) is 3.32. The molecule has 1 heterocycles. The van der Waals surface area contributed by atoms with Gasteiger partial charge in [-0.3, -0.25) is 4.79 Å². The molecule has 19 heavy (non-hydrogen) atoms. The number of carbonyl (C=O) groups is 2. The summed E-state index contributed by atoms with van der Waals surface area (Å²) in [6.07, 6.45) is 0. The molecule has 1 amide bonds. The molecule has 2 aromatic rings. The lowest BCUT2D eigenvalue weighted by atomic mass is 10.3. The number of methoxy groups -OCH3 is 1. The lowest BCUT2D eigenvalue weighted by molar-refractivity contribution is 0.0606. The van der Waals surface area contributed by atoms with Gasteiger partial charge in [-0.05, 0) is 36.4 Å². The first kappa shape index (κ1) is 13.6. The Morgan fingerprint density at radius 1 is 1.11 bits per heavy atom. The molecule has 0 fully saturated rings. The number of halogens is 1. The summed E-state index contributed by atoms with van der Waals surface area (Å²) in [7, 11) is 1.30. The van der Waals surface area contributed by atoms with Gasteiger partial charge in [-0.25, -0.2) is 4.79 Å². The van der Waals surface area contributed by atoms with Crippen molar-refractivity contribution in [2.24, 2.45) is 0 Å². The third kappa shape index (κ3) is 3.33. The van der Waals surface area contributed by atoms with Gasteiger partial charge in [-0.1, -0.05) is 11.6 Å². The Kier molecular flexibility index (Phi) is 4.19. The molecule has 0 atom stereocenters. The molecular weight excluding hydrogens is 286 g/mol. The molecule has 0 unspecified atom stereocenters. The largest absolute Gasteiger partial charge is 0.465 e. The van der Waals surface area contributed by atoms with Crippen molar-refractivity contribution in [1.29, 1.82) is 0 Å². The second kappa shape index (κ2) is 5.86. The molecule has 0 aliphatic heterocycles.